The summed E-state index contributed by atoms with van der Waals surface area (Å²) in [6, 6.07) is 16.2. The molecule has 0 saturated heterocycles. The van der Waals surface area contributed by atoms with E-state index in [9.17, 15) is 4.79 Å². The summed E-state index contributed by atoms with van der Waals surface area (Å²) in [5.74, 6) is -1.21. The van der Waals surface area contributed by atoms with Gasteiger partial charge < -0.3 is 19.9 Å². The predicted octanol–water partition coefficient (Wildman–Crippen LogP) is 3.35. The third-order valence-electron chi connectivity index (χ3n) is 3.80. The SMILES string of the molecule is COC(OC)(c1ccccc1)C(C)OC(=O)Nc1ccccc1N. The maximum Gasteiger partial charge on any atom is 0.412 e. The Bertz CT molecular complexity index is 672. The molecule has 3 N–H and O–H groups in total. The van der Waals surface area contributed by atoms with Gasteiger partial charge in [-0.05, 0) is 19.1 Å². The summed E-state index contributed by atoms with van der Waals surface area (Å²) in [5, 5.41) is 2.62. The van der Waals surface area contributed by atoms with E-state index in [1.54, 1.807) is 31.2 Å². The molecule has 0 radical (unpaired) electrons. The van der Waals surface area contributed by atoms with Crippen LogP contribution in [-0.2, 0) is 20.0 Å². The average Bonchev–Trinajstić information content (AvgIpc) is 2.59. The van der Waals surface area contributed by atoms with Crippen molar-refractivity contribution in [2.75, 3.05) is 25.3 Å². The number of rotatable bonds is 6. The molecule has 2 aromatic carbocycles. The molecule has 0 aromatic heterocycles. The summed E-state index contributed by atoms with van der Waals surface area (Å²) in [6.45, 7) is 1.70. The number of methoxy groups -OCH3 is 2. The number of nitrogens with two attached hydrogens (primary N) is 1. The Morgan fingerprint density at radius 2 is 1.62 bits per heavy atom. The van der Waals surface area contributed by atoms with Crippen molar-refractivity contribution in [1.29, 1.82) is 0 Å². The third-order valence-corrected chi connectivity index (χ3v) is 3.80. The van der Waals surface area contributed by atoms with Gasteiger partial charge in [0.05, 0.1) is 11.4 Å². The number of carbonyl (C=O) groups is 1. The topological polar surface area (TPSA) is 82.8 Å². The molecule has 1 amide bonds. The van der Waals surface area contributed by atoms with Crippen molar-refractivity contribution in [3.63, 3.8) is 0 Å². The van der Waals surface area contributed by atoms with Gasteiger partial charge in [-0.2, -0.15) is 0 Å². The quantitative estimate of drug-likeness (QED) is 0.627. The molecule has 2 aromatic rings. The van der Waals surface area contributed by atoms with E-state index in [4.69, 9.17) is 19.9 Å². The Morgan fingerprint density at radius 1 is 1.04 bits per heavy atom. The zero-order valence-electron chi connectivity index (χ0n) is 14.0. The highest BCUT2D eigenvalue weighted by molar-refractivity contribution is 5.88. The molecule has 0 aliphatic rings. The van der Waals surface area contributed by atoms with Crippen LogP contribution in [0.5, 0.6) is 0 Å². The standard InChI is InChI=1S/C18H22N2O4/c1-13(18(22-2,23-3)14-9-5-4-6-10-14)24-17(21)20-16-12-8-7-11-15(16)19/h4-13H,19H2,1-3H3,(H,20,21). The van der Waals surface area contributed by atoms with Crippen LogP contribution in [0.25, 0.3) is 0 Å². The molecule has 24 heavy (non-hydrogen) atoms. The first-order valence-corrected chi connectivity index (χ1v) is 7.51. The zero-order chi connectivity index (χ0) is 17.6. The van der Waals surface area contributed by atoms with E-state index in [1.807, 2.05) is 30.3 Å². The van der Waals surface area contributed by atoms with Crippen LogP contribution in [0.4, 0.5) is 16.2 Å². The van der Waals surface area contributed by atoms with Crippen molar-refractivity contribution in [3.05, 3.63) is 60.2 Å². The van der Waals surface area contributed by atoms with Crippen LogP contribution < -0.4 is 11.1 Å². The van der Waals surface area contributed by atoms with Crippen LogP contribution in [0.1, 0.15) is 12.5 Å². The first kappa shape index (κ1) is 17.8. The Kier molecular flexibility index (Phi) is 5.78. The Labute approximate surface area is 141 Å². The molecule has 1 atom stereocenters. The van der Waals surface area contributed by atoms with Crippen LogP contribution in [0, 0.1) is 0 Å². The number of nitrogens with one attached hydrogen (secondary N) is 1. The van der Waals surface area contributed by atoms with E-state index in [1.165, 1.54) is 14.2 Å². The van der Waals surface area contributed by atoms with Crippen LogP contribution in [0.3, 0.4) is 0 Å². The van der Waals surface area contributed by atoms with E-state index in [2.05, 4.69) is 5.32 Å². The minimum Gasteiger partial charge on any atom is -0.440 e. The van der Waals surface area contributed by atoms with Gasteiger partial charge in [-0.3, -0.25) is 5.32 Å². The highest BCUT2D eigenvalue weighted by atomic mass is 16.7. The summed E-state index contributed by atoms with van der Waals surface area (Å²) in [5.41, 5.74) is 7.49. The monoisotopic (exact) mass is 330 g/mol. The van der Waals surface area contributed by atoms with Crippen LogP contribution in [0.2, 0.25) is 0 Å². The number of hydrogen-bond acceptors (Lipinski definition) is 5. The Hall–Kier alpha value is -2.57. The maximum absolute atomic E-state index is 12.2. The van der Waals surface area contributed by atoms with Crippen LogP contribution >= 0.6 is 0 Å². The first-order valence-electron chi connectivity index (χ1n) is 7.51. The lowest BCUT2D eigenvalue weighted by Crippen LogP contribution is -2.44. The fourth-order valence-electron chi connectivity index (χ4n) is 2.54. The number of hydrogen-bond donors (Lipinski definition) is 2. The van der Waals surface area contributed by atoms with Gasteiger partial charge in [-0.15, -0.1) is 0 Å². The van der Waals surface area contributed by atoms with Gasteiger partial charge >= 0.3 is 6.09 Å². The lowest BCUT2D eigenvalue weighted by Gasteiger charge is -2.35. The molecule has 0 aliphatic heterocycles. The second-order valence-electron chi connectivity index (χ2n) is 5.20. The minimum absolute atomic E-state index is 0.454. The summed E-state index contributed by atoms with van der Waals surface area (Å²) in [7, 11) is 3.01. The lowest BCUT2D eigenvalue weighted by atomic mass is 10.0. The Balaban J connectivity index is 2.15. The molecule has 0 aliphatic carbocycles. The fraction of sp³-hybridized carbons (Fsp3) is 0.278. The molecule has 0 fully saturated rings. The molecule has 0 heterocycles. The van der Waals surface area contributed by atoms with Crippen molar-refractivity contribution < 1.29 is 19.0 Å². The van der Waals surface area contributed by atoms with Crippen LogP contribution in [0.15, 0.2) is 54.6 Å². The third kappa shape index (κ3) is 3.67. The number of amides is 1. The second-order valence-corrected chi connectivity index (χ2v) is 5.20. The molecule has 0 spiro atoms. The summed E-state index contributed by atoms with van der Waals surface area (Å²) in [4.78, 5) is 12.2. The smallest absolute Gasteiger partial charge is 0.412 e. The van der Waals surface area contributed by atoms with Crippen molar-refractivity contribution in [2.24, 2.45) is 0 Å². The van der Waals surface area contributed by atoms with Gasteiger partial charge in [0.2, 0.25) is 5.79 Å². The first-order chi connectivity index (χ1) is 11.5. The Morgan fingerprint density at radius 3 is 2.21 bits per heavy atom. The lowest BCUT2D eigenvalue weighted by molar-refractivity contribution is -0.263. The van der Waals surface area contributed by atoms with E-state index < -0.39 is 18.0 Å². The molecule has 6 heteroatoms. The van der Waals surface area contributed by atoms with Crippen molar-refractivity contribution in [2.45, 2.75) is 18.8 Å². The zero-order valence-corrected chi connectivity index (χ0v) is 14.0. The van der Waals surface area contributed by atoms with E-state index >= 15 is 0 Å². The molecule has 128 valence electrons. The van der Waals surface area contributed by atoms with Crippen molar-refractivity contribution in [1.82, 2.24) is 0 Å². The number of para-hydroxylation sites is 2. The van der Waals surface area contributed by atoms with Crippen molar-refractivity contribution in [3.8, 4) is 0 Å². The number of benzene rings is 2. The predicted molar refractivity (Wildman–Crippen MR) is 92.6 cm³/mol. The molecular formula is C18H22N2O4. The minimum atomic E-state index is -1.21. The number of carbonyl (C=O) groups excluding carboxylic acids is 1. The molecule has 0 saturated carbocycles. The van der Waals surface area contributed by atoms with Crippen LogP contribution in [-0.4, -0.2) is 26.4 Å². The van der Waals surface area contributed by atoms with Gasteiger partial charge in [-0.25, -0.2) is 4.79 Å². The highest BCUT2D eigenvalue weighted by Gasteiger charge is 2.41. The highest BCUT2D eigenvalue weighted by Crippen LogP contribution is 2.32. The number of anilines is 2. The summed E-state index contributed by atoms with van der Waals surface area (Å²) in [6.07, 6.45) is -1.35. The molecule has 6 nitrogen and oxygen atoms in total. The van der Waals surface area contributed by atoms with Gasteiger partial charge in [0, 0.05) is 19.8 Å². The largest absolute Gasteiger partial charge is 0.440 e. The molecule has 1 unspecified atom stereocenters. The average molecular weight is 330 g/mol. The van der Waals surface area contributed by atoms with Gasteiger partial charge in [-0.1, -0.05) is 42.5 Å². The summed E-state index contributed by atoms with van der Waals surface area (Å²) < 4.78 is 16.6. The summed E-state index contributed by atoms with van der Waals surface area (Å²) >= 11 is 0. The molecule has 2 rings (SSSR count). The maximum atomic E-state index is 12.2. The van der Waals surface area contributed by atoms with Crippen molar-refractivity contribution >= 4 is 17.5 Å². The normalized spacial score (nSPS) is 12.5. The number of ether oxygens (including phenoxy) is 3. The van der Waals surface area contributed by atoms with E-state index in [-0.39, 0.29) is 0 Å². The number of nitrogen functional groups attached to an aromatic ring is 1. The second kappa shape index (κ2) is 7.81. The van der Waals surface area contributed by atoms with Gasteiger partial charge in [0.15, 0.2) is 6.10 Å². The fourth-order valence-corrected chi connectivity index (χ4v) is 2.54. The van der Waals surface area contributed by atoms with Gasteiger partial charge in [0.25, 0.3) is 0 Å². The molecular weight excluding hydrogens is 308 g/mol. The van der Waals surface area contributed by atoms with Gasteiger partial charge in [0.1, 0.15) is 0 Å². The molecule has 0 bridgehead atoms. The van der Waals surface area contributed by atoms with E-state index in [0.29, 0.717) is 11.4 Å². The van der Waals surface area contributed by atoms with E-state index in [0.717, 1.165) is 5.56 Å².